The molecule has 1 aliphatic carbocycles. The van der Waals surface area contributed by atoms with Crippen LogP contribution < -0.4 is 4.90 Å². The summed E-state index contributed by atoms with van der Waals surface area (Å²) in [5.41, 5.74) is 1.53. The second-order valence-corrected chi connectivity index (χ2v) is 11.3. The summed E-state index contributed by atoms with van der Waals surface area (Å²) in [5.74, 6) is -1.18. The van der Waals surface area contributed by atoms with Crippen molar-refractivity contribution in [1.29, 1.82) is 0 Å². The van der Waals surface area contributed by atoms with Crippen LogP contribution in [0.2, 0.25) is 0 Å². The minimum atomic E-state index is -4.13. The van der Waals surface area contributed by atoms with Crippen molar-refractivity contribution in [1.82, 2.24) is 4.31 Å². The van der Waals surface area contributed by atoms with Gasteiger partial charge >= 0.3 is 0 Å². The Kier molecular flexibility index (Phi) is 7.19. The summed E-state index contributed by atoms with van der Waals surface area (Å²) in [6, 6.07) is 10.4. The van der Waals surface area contributed by atoms with E-state index < -0.39 is 33.7 Å². The van der Waals surface area contributed by atoms with Crippen LogP contribution in [0, 0.1) is 5.82 Å². The number of carbonyl (C=O) groups is 2. The lowest BCUT2D eigenvalue weighted by Crippen LogP contribution is -2.50. The number of anilines is 1. The number of sulfonamides is 1. The molecule has 2 aliphatic rings. The van der Waals surface area contributed by atoms with Crippen LogP contribution in [-0.2, 0) is 19.6 Å². The molecule has 34 heavy (non-hydrogen) atoms. The summed E-state index contributed by atoms with van der Waals surface area (Å²) >= 11 is 0. The Morgan fingerprint density at radius 2 is 1.50 bits per heavy atom. The van der Waals surface area contributed by atoms with Crippen molar-refractivity contribution in [3.05, 3.63) is 59.9 Å². The van der Waals surface area contributed by atoms with E-state index >= 15 is 0 Å². The van der Waals surface area contributed by atoms with Gasteiger partial charge in [0.1, 0.15) is 11.9 Å². The minimum Gasteiger partial charge on any atom is -0.274 e. The van der Waals surface area contributed by atoms with Gasteiger partial charge in [0.15, 0.2) is 0 Å². The number of hydrogen-bond donors (Lipinski definition) is 0. The third kappa shape index (κ3) is 4.79. The molecule has 1 unspecified atom stereocenters. The van der Waals surface area contributed by atoms with Gasteiger partial charge in [-0.15, -0.1) is 0 Å². The summed E-state index contributed by atoms with van der Waals surface area (Å²) in [6.45, 7) is 4.12. The molecule has 0 spiro atoms. The lowest BCUT2D eigenvalue weighted by molar-refractivity contribution is -0.122. The summed E-state index contributed by atoms with van der Waals surface area (Å²) in [4.78, 5) is 27.6. The summed E-state index contributed by atoms with van der Waals surface area (Å²) in [5, 5.41) is 0. The molecule has 8 heteroatoms. The van der Waals surface area contributed by atoms with Crippen LogP contribution in [0.1, 0.15) is 70.3 Å². The van der Waals surface area contributed by atoms with Gasteiger partial charge in [0.05, 0.1) is 17.0 Å². The van der Waals surface area contributed by atoms with Gasteiger partial charge in [0.2, 0.25) is 15.9 Å². The van der Waals surface area contributed by atoms with Gasteiger partial charge in [-0.05, 0) is 60.7 Å². The lowest BCUT2D eigenvalue weighted by atomic mass is 10.0. The van der Waals surface area contributed by atoms with E-state index in [1.807, 2.05) is 12.1 Å². The molecule has 4 rings (SSSR count). The van der Waals surface area contributed by atoms with E-state index in [1.54, 1.807) is 12.1 Å². The number of imide groups is 1. The molecular formula is C26H31FN2O4S. The molecule has 2 aromatic rings. The number of hydrogen-bond acceptors (Lipinski definition) is 4. The first-order valence-electron chi connectivity index (χ1n) is 12.0. The number of carbonyl (C=O) groups excluding carboxylic acids is 2. The van der Waals surface area contributed by atoms with Crippen LogP contribution in [0.3, 0.4) is 0 Å². The Hall–Kier alpha value is -2.58. The van der Waals surface area contributed by atoms with Crippen molar-refractivity contribution in [3.63, 3.8) is 0 Å². The molecule has 182 valence electrons. The van der Waals surface area contributed by atoms with Crippen molar-refractivity contribution in [2.75, 3.05) is 4.90 Å². The Labute approximate surface area is 200 Å². The summed E-state index contributed by atoms with van der Waals surface area (Å²) < 4.78 is 42.3. The van der Waals surface area contributed by atoms with Crippen molar-refractivity contribution >= 4 is 27.5 Å². The van der Waals surface area contributed by atoms with Gasteiger partial charge in [0, 0.05) is 6.04 Å². The number of rotatable bonds is 6. The molecule has 2 fully saturated rings. The molecule has 1 heterocycles. The largest absolute Gasteiger partial charge is 0.274 e. The Morgan fingerprint density at radius 3 is 2.06 bits per heavy atom. The second kappa shape index (κ2) is 9.96. The van der Waals surface area contributed by atoms with E-state index in [1.165, 1.54) is 16.4 Å². The van der Waals surface area contributed by atoms with Crippen LogP contribution in [0.4, 0.5) is 10.1 Å². The molecule has 1 aliphatic heterocycles. The van der Waals surface area contributed by atoms with Crippen LogP contribution in [-0.4, -0.2) is 36.6 Å². The van der Waals surface area contributed by atoms with Crippen LogP contribution in [0.25, 0.3) is 0 Å². The topological polar surface area (TPSA) is 74.8 Å². The molecule has 6 nitrogen and oxygen atoms in total. The summed E-state index contributed by atoms with van der Waals surface area (Å²) in [6.07, 6.45) is 4.77. The molecule has 1 saturated carbocycles. The van der Waals surface area contributed by atoms with Gasteiger partial charge in [-0.2, -0.15) is 4.31 Å². The fraction of sp³-hybridized carbons (Fsp3) is 0.462. The molecule has 0 bridgehead atoms. The number of nitrogens with zero attached hydrogens (tertiary/aromatic N) is 2. The highest BCUT2D eigenvalue weighted by atomic mass is 32.2. The van der Waals surface area contributed by atoms with Gasteiger partial charge in [-0.1, -0.05) is 51.7 Å². The average Bonchev–Trinajstić information content (AvgIpc) is 2.96. The highest BCUT2D eigenvalue weighted by Crippen LogP contribution is 2.35. The maximum absolute atomic E-state index is 13.8. The van der Waals surface area contributed by atoms with Crippen molar-refractivity contribution in [2.45, 2.75) is 81.7 Å². The monoisotopic (exact) mass is 486 g/mol. The van der Waals surface area contributed by atoms with Crippen molar-refractivity contribution in [3.8, 4) is 0 Å². The fourth-order valence-corrected chi connectivity index (χ4v) is 6.78. The second-order valence-electron chi connectivity index (χ2n) is 9.47. The van der Waals surface area contributed by atoms with Gasteiger partial charge in [0.25, 0.3) is 5.91 Å². The minimum absolute atomic E-state index is 0.0712. The predicted octanol–water partition coefficient (Wildman–Crippen LogP) is 4.99. The maximum Gasteiger partial charge on any atom is 0.252 e. The predicted molar refractivity (Wildman–Crippen MR) is 128 cm³/mol. The SMILES string of the molecule is CC(C)c1ccc(N2C(=O)CC(N(C3CCCCCC3)S(=O)(=O)c3ccc(F)cc3)C2=O)cc1. The van der Waals surface area contributed by atoms with Crippen molar-refractivity contribution in [2.24, 2.45) is 0 Å². The van der Waals surface area contributed by atoms with Gasteiger partial charge in [-0.25, -0.2) is 17.7 Å². The normalized spacial score (nSPS) is 20.4. The zero-order valence-corrected chi connectivity index (χ0v) is 20.4. The maximum atomic E-state index is 13.8. The Bertz CT molecular complexity index is 1140. The molecule has 2 amide bonds. The van der Waals surface area contributed by atoms with Crippen molar-refractivity contribution < 1.29 is 22.4 Å². The first-order chi connectivity index (χ1) is 16.2. The third-order valence-corrected chi connectivity index (χ3v) is 8.80. The van der Waals surface area contributed by atoms with E-state index in [4.69, 9.17) is 0 Å². The van der Waals surface area contributed by atoms with Gasteiger partial charge in [-0.3, -0.25) is 9.59 Å². The summed E-state index contributed by atoms with van der Waals surface area (Å²) in [7, 11) is -4.13. The van der Waals surface area contributed by atoms with E-state index in [2.05, 4.69) is 13.8 Å². The van der Waals surface area contributed by atoms with E-state index in [9.17, 15) is 22.4 Å². The Morgan fingerprint density at radius 1 is 0.912 bits per heavy atom. The molecule has 1 atom stereocenters. The highest BCUT2D eigenvalue weighted by Gasteiger charge is 2.49. The number of halogens is 1. The lowest BCUT2D eigenvalue weighted by Gasteiger charge is -2.33. The van der Waals surface area contributed by atoms with E-state index in [0.29, 0.717) is 24.4 Å². The standard InChI is InChI=1S/C26H31FN2O4S/c1-18(2)19-9-13-21(14-10-19)28-25(30)17-24(26(28)31)29(22-7-5-3-4-6-8-22)34(32,33)23-15-11-20(27)12-16-23/h9-16,18,22,24H,3-8,17H2,1-2H3. The number of amides is 2. The molecule has 1 saturated heterocycles. The fourth-order valence-electron chi connectivity index (χ4n) is 4.95. The third-order valence-electron chi connectivity index (χ3n) is 6.82. The van der Waals surface area contributed by atoms with Gasteiger partial charge < -0.3 is 0 Å². The Balaban J connectivity index is 1.71. The van der Waals surface area contributed by atoms with Crippen LogP contribution in [0.5, 0.6) is 0 Å². The molecular weight excluding hydrogens is 455 g/mol. The zero-order valence-electron chi connectivity index (χ0n) is 19.6. The van der Waals surface area contributed by atoms with E-state index in [0.717, 1.165) is 48.3 Å². The molecule has 0 aromatic heterocycles. The number of benzene rings is 2. The first kappa shape index (κ1) is 24.5. The van der Waals surface area contributed by atoms with Crippen LogP contribution in [0.15, 0.2) is 53.4 Å². The molecule has 0 N–H and O–H groups in total. The quantitative estimate of drug-likeness (QED) is 0.426. The first-order valence-corrected chi connectivity index (χ1v) is 13.4. The average molecular weight is 487 g/mol. The van der Waals surface area contributed by atoms with E-state index in [-0.39, 0.29) is 17.4 Å². The highest BCUT2D eigenvalue weighted by molar-refractivity contribution is 7.89. The molecule has 0 radical (unpaired) electrons. The molecule has 2 aromatic carbocycles. The smallest absolute Gasteiger partial charge is 0.252 e. The zero-order chi connectivity index (χ0) is 24.5. The van der Waals surface area contributed by atoms with Crippen LogP contribution >= 0.6 is 0 Å².